The molecule has 0 saturated heterocycles. The molecular formula is C20H25FO2. The number of Topliss-reactive ketones (excluding diaryl/α,β-unsaturated/α-hetero) is 1. The van der Waals surface area contributed by atoms with Crippen LogP contribution >= 0.6 is 0 Å². The van der Waals surface area contributed by atoms with E-state index < -0.39 is 6.17 Å². The van der Waals surface area contributed by atoms with Gasteiger partial charge in [0.15, 0.2) is 0 Å². The first-order valence-electron chi connectivity index (χ1n) is 8.87. The number of ether oxygens (including phenoxy) is 1. The minimum absolute atomic E-state index is 0.137. The number of benzene rings is 1. The molecule has 0 spiro atoms. The number of alkyl halides is 1. The van der Waals surface area contributed by atoms with Crippen LogP contribution in [0.4, 0.5) is 4.39 Å². The summed E-state index contributed by atoms with van der Waals surface area (Å²) >= 11 is 0. The van der Waals surface area contributed by atoms with Gasteiger partial charge < -0.3 is 4.74 Å². The Morgan fingerprint density at radius 3 is 2.91 bits per heavy atom. The monoisotopic (exact) mass is 316 g/mol. The van der Waals surface area contributed by atoms with E-state index in [1.54, 1.807) is 7.11 Å². The highest BCUT2D eigenvalue weighted by atomic mass is 19.1. The first-order chi connectivity index (χ1) is 11.0. The van der Waals surface area contributed by atoms with E-state index >= 15 is 0 Å². The molecule has 3 aliphatic rings. The number of rotatable bonds is 1. The lowest BCUT2D eigenvalue weighted by molar-refractivity contribution is -0.143. The first kappa shape index (κ1) is 15.2. The van der Waals surface area contributed by atoms with Gasteiger partial charge in [0.2, 0.25) is 0 Å². The standard InChI is InChI=1S/C20H25FO2/c1-20-8-7-16-15-6-4-14(23-2)9-12(15)3-5-17(16)18(20)10-13(21)11-19(20)22/h4,6,9,13,16-18H,3,5,7-8,10-11H2,1-2H3/t13-,16+,17+,18-,20-/m0/s1. The number of methoxy groups -OCH3 is 1. The van der Waals surface area contributed by atoms with Crippen LogP contribution in [0.15, 0.2) is 18.2 Å². The molecule has 0 N–H and O–H groups in total. The fraction of sp³-hybridized carbons (Fsp3) is 0.650. The van der Waals surface area contributed by atoms with Crippen molar-refractivity contribution in [1.29, 1.82) is 0 Å². The van der Waals surface area contributed by atoms with Gasteiger partial charge in [-0.3, -0.25) is 4.79 Å². The van der Waals surface area contributed by atoms with Crippen LogP contribution in [-0.2, 0) is 11.2 Å². The second-order valence-corrected chi connectivity index (χ2v) is 7.90. The molecule has 3 aliphatic carbocycles. The third-order valence-corrected chi connectivity index (χ3v) is 6.88. The molecule has 0 aromatic heterocycles. The lowest BCUT2D eigenvalue weighted by atomic mass is 9.50. The van der Waals surface area contributed by atoms with Crippen molar-refractivity contribution in [3.05, 3.63) is 29.3 Å². The second kappa shape index (κ2) is 5.32. The van der Waals surface area contributed by atoms with Crippen LogP contribution in [0, 0.1) is 17.3 Å². The molecule has 0 heterocycles. The molecule has 2 saturated carbocycles. The van der Waals surface area contributed by atoms with Gasteiger partial charge in [0.05, 0.1) is 7.11 Å². The van der Waals surface area contributed by atoms with Crippen molar-refractivity contribution in [2.24, 2.45) is 17.3 Å². The third-order valence-electron chi connectivity index (χ3n) is 6.88. The maximum Gasteiger partial charge on any atom is 0.141 e. The van der Waals surface area contributed by atoms with E-state index in [0.717, 1.165) is 31.4 Å². The smallest absolute Gasteiger partial charge is 0.141 e. The van der Waals surface area contributed by atoms with E-state index in [0.29, 0.717) is 18.3 Å². The maximum atomic E-state index is 14.1. The number of carbonyl (C=O) groups excluding carboxylic acids is 1. The fourth-order valence-electron chi connectivity index (χ4n) is 5.58. The van der Waals surface area contributed by atoms with Crippen LogP contribution in [0.1, 0.15) is 56.1 Å². The van der Waals surface area contributed by atoms with Gasteiger partial charge in [0, 0.05) is 11.8 Å². The molecule has 1 aromatic rings. The highest BCUT2D eigenvalue weighted by Gasteiger charge is 2.54. The summed E-state index contributed by atoms with van der Waals surface area (Å²) in [6.45, 7) is 2.10. The molecule has 1 aromatic carbocycles. The minimum atomic E-state index is -0.934. The van der Waals surface area contributed by atoms with Crippen LogP contribution in [0.3, 0.4) is 0 Å². The molecule has 124 valence electrons. The predicted octanol–water partition coefficient (Wildman–Crippen LogP) is 4.46. The third kappa shape index (κ3) is 2.23. The average molecular weight is 316 g/mol. The Morgan fingerprint density at radius 1 is 1.30 bits per heavy atom. The predicted molar refractivity (Wildman–Crippen MR) is 87.5 cm³/mol. The van der Waals surface area contributed by atoms with E-state index in [9.17, 15) is 9.18 Å². The summed E-state index contributed by atoms with van der Waals surface area (Å²) in [5.41, 5.74) is 2.51. The van der Waals surface area contributed by atoms with Crippen LogP contribution in [0.5, 0.6) is 5.75 Å². The van der Waals surface area contributed by atoms with Crippen molar-refractivity contribution in [3.8, 4) is 5.75 Å². The Bertz CT molecular complexity index is 641. The second-order valence-electron chi connectivity index (χ2n) is 7.90. The van der Waals surface area contributed by atoms with Crippen molar-refractivity contribution < 1.29 is 13.9 Å². The van der Waals surface area contributed by atoms with E-state index in [1.165, 1.54) is 11.1 Å². The van der Waals surface area contributed by atoms with Crippen molar-refractivity contribution in [1.82, 2.24) is 0 Å². The van der Waals surface area contributed by atoms with Crippen LogP contribution in [0.2, 0.25) is 0 Å². The Morgan fingerprint density at radius 2 is 2.13 bits per heavy atom. The molecule has 0 unspecified atom stereocenters. The summed E-state index contributed by atoms with van der Waals surface area (Å²) < 4.78 is 19.4. The van der Waals surface area contributed by atoms with Gasteiger partial charge >= 0.3 is 0 Å². The molecule has 5 atom stereocenters. The number of halogens is 1. The Kier molecular flexibility index (Phi) is 3.51. The topological polar surface area (TPSA) is 26.3 Å². The summed E-state index contributed by atoms with van der Waals surface area (Å²) in [5, 5.41) is 0. The number of ketones is 1. The van der Waals surface area contributed by atoms with E-state index in [4.69, 9.17) is 4.74 Å². The molecule has 3 heteroatoms. The van der Waals surface area contributed by atoms with Gasteiger partial charge in [0.1, 0.15) is 17.7 Å². The molecule has 2 nitrogen and oxygen atoms in total. The minimum Gasteiger partial charge on any atom is -0.497 e. The van der Waals surface area contributed by atoms with Crippen LogP contribution in [0.25, 0.3) is 0 Å². The van der Waals surface area contributed by atoms with Gasteiger partial charge in [-0.15, -0.1) is 0 Å². The highest BCUT2D eigenvalue weighted by molar-refractivity contribution is 5.86. The quantitative estimate of drug-likeness (QED) is 0.764. The lowest BCUT2D eigenvalue weighted by Crippen LogP contribution is -2.51. The zero-order chi connectivity index (χ0) is 16.2. The SMILES string of the molecule is COc1ccc2c(c1)CC[C@@H]1[C@@H]2CC[C@]2(C)C(=O)C[C@@H](F)C[C@@H]12. The molecule has 0 aliphatic heterocycles. The van der Waals surface area contributed by atoms with Crippen molar-refractivity contribution in [2.75, 3.05) is 7.11 Å². The molecule has 23 heavy (non-hydrogen) atoms. The number of hydrogen-bond donors (Lipinski definition) is 0. The molecule has 2 fully saturated rings. The maximum absolute atomic E-state index is 14.1. The zero-order valence-electron chi connectivity index (χ0n) is 14.0. The zero-order valence-corrected chi connectivity index (χ0v) is 14.0. The number of aryl methyl sites for hydroxylation is 1. The number of carbonyl (C=O) groups is 1. The van der Waals surface area contributed by atoms with E-state index in [2.05, 4.69) is 19.1 Å². The molecule has 0 radical (unpaired) electrons. The lowest BCUT2D eigenvalue weighted by Gasteiger charge is -2.53. The summed E-state index contributed by atoms with van der Waals surface area (Å²) in [6.07, 6.45) is 3.84. The normalized spacial score (nSPS) is 39.2. The van der Waals surface area contributed by atoms with Crippen LogP contribution < -0.4 is 4.74 Å². The van der Waals surface area contributed by atoms with Gasteiger partial charge in [-0.2, -0.15) is 0 Å². The summed E-state index contributed by atoms with van der Waals surface area (Å²) in [6, 6.07) is 6.40. The van der Waals surface area contributed by atoms with Crippen LogP contribution in [-0.4, -0.2) is 19.1 Å². The Hall–Kier alpha value is -1.38. The van der Waals surface area contributed by atoms with Gasteiger partial charge in [-0.25, -0.2) is 4.39 Å². The van der Waals surface area contributed by atoms with E-state index in [1.807, 2.05) is 6.07 Å². The first-order valence-corrected chi connectivity index (χ1v) is 8.87. The molecular weight excluding hydrogens is 291 g/mol. The fourth-order valence-corrected chi connectivity index (χ4v) is 5.58. The summed E-state index contributed by atoms with van der Waals surface area (Å²) in [4.78, 5) is 12.5. The molecule has 0 bridgehead atoms. The largest absolute Gasteiger partial charge is 0.497 e. The molecule has 4 rings (SSSR count). The summed E-state index contributed by atoms with van der Waals surface area (Å²) in [5.74, 6) is 2.24. The summed E-state index contributed by atoms with van der Waals surface area (Å²) in [7, 11) is 1.70. The van der Waals surface area contributed by atoms with Crippen molar-refractivity contribution in [2.45, 2.75) is 57.5 Å². The Balaban J connectivity index is 1.69. The average Bonchev–Trinajstić information content (AvgIpc) is 2.55. The van der Waals surface area contributed by atoms with Gasteiger partial charge in [0.25, 0.3) is 0 Å². The number of hydrogen-bond acceptors (Lipinski definition) is 2. The van der Waals surface area contributed by atoms with Gasteiger partial charge in [-0.05, 0) is 73.1 Å². The van der Waals surface area contributed by atoms with Gasteiger partial charge in [-0.1, -0.05) is 13.0 Å². The van der Waals surface area contributed by atoms with Crippen molar-refractivity contribution in [3.63, 3.8) is 0 Å². The Labute approximate surface area is 137 Å². The highest BCUT2D eigenvalue weighted by Crippen LogP contribution is 2.58. The number of fused-ring (bicyclic) bond motifs is 5. The molecule has 0 amide bonds. The van der Waals surface area contributed by atoms with E-state index in [-0.39, 0.29) is 23.5 Å². The van der Waals surface area contributed by atoms with Crippen molar-refractivity contribution >= 4 is 5.78 Å².